The fraction of sp³-hybridized carbons (Fsp3) is 0.688. The Morgan fingerprint density at radius 3 is 2.91 bits per heavy atom. The van der Waals surface area contributed by atoms with Crippen molar-refractivity contribution in [1.82, 2.24) is 14.8 Å². The molecular weight excluding hydrogens is 298 g/mol. The van der Waals surface area contributed by atoms with Crippen molar-refractivity contribution in [1.29, 1.82) is 0 Å². The van der Waals surface area contributed by atoms with Crippen LogP contribution in [-0.4, -0.2) is 46.2 Å². The number of piperidine rings is 1. The number of carbonyl (C=O) groups excluding carboxylic acids is 2. The Morgan fingerprint density at radius 1 is 1.45 bits per heavy atom. The largest absolute Gasteiger partial charge is 0.342 e. The Labute approximate surface area is 135 Å². The summed E-state index contributed by atoms with van der Waals surface area (Å²) < 4.78 is 0. The van der Waals surface area contributed by atoms with Crippen molar-refractivity contribution in [2.75, 3.05) is 19.6 Å². The molecule has 2 aliphatic heterocycles. The normalized spacial score (nSPS) is 25.8. The highest BCUT2D eigenvalue weighted by Crippen LogP contribution is 2.35. The van der Waals surface area contributed by atoms with E-state index < -0.39 is 0 Å². The molecule has 0 N–H and O–H groups in total. The van der Waals surface area contributed by atoms with Crippen LogP contribution in [0, 0.1) is 12.8 Å². The van der Waals surface area contributed by atoms with Crippen LogP contribution in [0.15, 0.2) is 5.38 Å². The van der Waals surface area contributed by atoms with E-state index in [2.05, 4.69) is 4.98 Å². The smallest absolute Gasteiger partial charge is 0.228 e. The maximum atomic E-state index is 12.9. The van der Waals surface area contributed by atoms with E-state index in [0.717, 1.165) is 36.5 Å². The van der Waals surface area contributed by atoms with Gasteiger partial charge in [0.2, 0.25) is 11.8 Å². The number of aromatic nitrogens is 1. The monoisotopic (exact) mass is 321 g/mol. The van der Waals surface area contributed by atoms with Gasteiger partial charge in [0.25, 0.3) is 0 Å². The molecule has 0 unspecified atom stereocenters. The Balaban J connectivity index is 1.76. The molecule has 0 bridgehead atoms. The first-order valence-corrected chi connectivity index (χ1v) is 8.98. The summed E-state index contributed by atoms with van der Waals surface area (Å²) in [6.45, 7) is 6.02. The lowest BCUT2D eigenvalue weighted by molar-refractivity contribution is -0.139. The molecule has 2 aliphatic rings. The molecule has 2 atom stereocenters. The highest BCUT2D eigenvalue weighted by atomic mass is 32.1. The molecule has 2 fully saturated rings. The standard InChI is InChI=1S/C16H23N3O2S/c1-3-18-9-12(8-14(18)20)16(21)19-7-5-4-6-13(19)15-17-11(2)10-22-15/h10,12-13H,3-9H2,1-2H3/t12-,13+/m1/s1. The zero-order valence-corrected chi connectivity index (χ0v) is 14.1. The molecule has 1 aromatic rings. The van der Waals surface area contributed by atoms with Crippen LogP contribution in [-0.2, 0) is 9.59 Å². The Hall–Kier alpha value is -1.43. The highest BCUT2D eigenvalue weighted by molar-refractivity contribution is 7.09. The van der Waals surface area contributed by atoms with E-state index in [9.17, 15) is 9.59 Å². The number of rotatable bonds is 3. The van der Waals surface area contributed by atoms with Crippen molar-refractivity contribution < 1.29 is 9.59 Å². The molecule has 120 valence electrons. The van der Waals surface area contributed by atoms with Crippen LogP contribution in [0.5, 0.6) is 0 Å². The molecule has 5 nitrogen and oxygen atoms in total. The van der Waals surface area contributed by atoms with Crippen LogP contribution in [0.25, 0.3) is 0 Å². The maximum Gasteiger partial charge on any atom is 0.228 e. The second-order valence-corrected chi connectivity index (χ2v) is 7.09. The molecule has 22 heavy (non-hydrogen) atoms. The number of hydrogen-bond acceptors (Lipinski definition) is 4. The van der Waals surface area contributed by atoms with Crippen LogP contribution in [0.4, 0.5) is 0 Å². The Morgan fingerprint density at radius 2 is 2.27 bits per heavy atom. The van der Waals surface area contributed by atoms with Gasteiger partial charge in [0, 0.05) is 37.1 Å². The van der Waals surface area contributed by atoms with Gasteiger partial charge in [-0.2, -0.15) is 0 Å². The first-order chi connectivity index (χ1) is 10.6. The minimum atomic E-state index is -0.172. The fourth-order valence-corrected chi connectivity index (χ4v) is 4.40. The third kappa shape index (κ3) is 2.89. The molecule has 2 amide bonds. The van der Waals surface area contributed by atoms with Crippen molar-refractivity contribution in [3.05, 3.63) is 16.1 Å². The average molecular weight is 321 g/mol. The Bertz CT molecular complexity index is 571. The van der Waals surface area contributed by atoms with Crippen LogP contribution in [0.2, 0.25) is 0 Å². The number of likely N-dealkylation sites (tertiary alicyclic amines) is 2. The van der Waals surface area contributed by atoms with Gasteiger partial charge in [0.05, 0.1) is 12.0 Å². The lowest BCUT2D eigenvalue weighted by Crippen LogP contribution is -2.42. The number of amides is 2. The minimum absolute atomic E-state index is 0.103. The summed E-state index contributed by atoms with van der Waals surface area (Å²) in [6.07, 6.45) is 3.53. The van der Waals surface area contributed by atoms with Crippen molar-refractivity contribution in [2.45, 2.75) is 45.6 Å². The molecule has 2 saturated heterocycles. The van der Waals surface area contributed by atoms with Gasteiger partial charge < -0.3 is 9.80 Å². The first-order valence-electron chi connectivity index (χ1n) is 8.10. The molecular formula is C16H23N3O2S. The fourth-order valence-electron chi connectivity index (χ4n) is 3.45. The summed E-state index contributed by atoms with van der Waals surface area (Å²) in [4.78, 5) is 33.2. The Kier molecular flexibility index (Phi) is 4.47. The molecule has 1 aromatic heterocycles. The molecule has 0 radical (unpaired) electrons. The average Bonchev–Trinajstić information content (AvgIpc) is 3.12. The van der Waals surface area contributed by atoms with Crippen molar-refractivity contribution >= 4 is 23.2 Å². The molecule has 0 aliphatic carbocycles. The van der Waals surface area contributed by atoms with E-state index in [0.29, 0.717) is 19.5 Å². The minimum Gasteiger partial charge on any atom is -0.342 e. The topological polar surface area (TPSA) is 53.5 Å². The van der Waals surface area contributed by atoms with Gasteiger partial charge in [-0.15, -0.1) is 11.3 Å². The highest BCUT2D eigenvalue weighted by Gasteiger charge is 2.39. The molecule has 0 saturated carbocycles. The predicted molar refractivity (Wildman–Crippen MR) is 85.5 cm³/mol. The number of hydrogen-bond donors (Lipinski definition) is 0. The predicted octanol–water partition coefficient (Wildman–Crippen LogP) is 2.37. The lowest BCUT2D eigenvalue weighted by atomic mass is 9.99. The molecule has 0 spiro atoms. The van der Waals surface area contributed by atoms with Gasteiger partial charge in [-0.25, -0.2) is 4.98 Å². The van der Waals surface area contributed by atoms with Crippen LogP contribution in [0.3, 0.4) is 0 Å². The molecule has 0 aromatic carbocycles. The molecule has 3 rings (SSSR count). The van der Waals surface area contributed by atoms with E-state index in [-0.39, 0.29) is 23.8 Å². The van der Waals surface area contributed by atoms with Crippen LogP contribution >= 0.6 is 11.3 Å². The lowest BCUT2D eigenvalue weighted by Gasteiger charge is -2.36. The van der Waals surface area contributed by atoms with Gasteiger partial charge in [0.1, 0.15) is 5.01 Å². The SMILES string of the molecule is CCN1C[C@H](C(=O)N2CCCC[C@H]2c2nc(C)cs2)CC1=O. The summed E-state index contributed by atoms with van der Waals surface area (Å²) in [5.41, 5.74) is 1.02. The van der Waals surface area contributed by atoms with E-state index in [4.69, 9.17) is 0 Å². The maximum absolute atomic E-state index is 12.9. The van der Waals surface area contributed by atoms with Gasteiger partial charge in [0.15, 0.2) is 0 Å². The number of aryl methyl sites for hydroxylation is 1. The van der Waals surface area contributed by atoms with Crippen LogP contribution in [0.1, 0.15) is 49.4 Å². The third-order valence-electron chi connectivity index (χ3n) is 4.65. The summed E-state index contributed by atoms with van der Waals surface area (Å²) >= 11 is 1.64. The first kappa shape index (κ1) is 15.5. The van der Waals surface area contributed by atoms with Gasteiger partial charge in [-0.1, -0.05) is 0 Å². The van der Waals surface area contributed by atoms with Crippen molar-refractivity contribution in [3.63, 3.8) is 0 Å². The number of carbonyl (C=O) groups is 2. The molecule has 6 heteroatoms. The quantitative estimate of drug-likeness (QED) is 0.859. The zero-order chi connectivity index (χ0) is 15.7. The van der Waals surface area contributed by atoms with E-state index in [1.165, 1.54) is 0 Å². The second-order valence-electron chi connectivity index (χ2n) is 6.20. The summed E-state index contributed by atoms with van der Waals surface area (Å²) in [5, 5.41) is 3.09. The summed E-state index contributed by atoms with van der Waals surface area (Å²) in [5.74, 6) is 0.0791. The van der Waals surface area contributed by atoms with E-state index in [1.807, 2.05) is 24.1 Å². The number of nitrogens with zero attached hydrogens (tertiary/aromatic N) is 3. The molecule has 3 heterocycles. The van der Waals surface area contributed by atoms with Crippen molar-refractivity contribution in [2.24, 2.45) is 5.92 Å². The summed E-state index contributed by atoms with van der Waals surface area (Å²) in [7, 11) is 0. The van der Waals surface area contributed by atoms with Gasteiger partial charge in [-0.05, 0) is 33.1 Å². The zero-order valence-electron chi connectivity index (χ0n) is 13.2. The second kappa shape index (κ2) is 6.36. The van der Waals surface area contributed by atoms with Gasteiger partial charge in [-0.3, -0.25) is 9.59 Å². The van der Waals surface area contributed by atoms with Crippen LogP contribution < -0.4 is 0 Å². The van der Waals surface area contributed by atoms with E-state index in [1.54, 1.807) is 16.2 Å². The summed E-state index contributed by atoms with van der Waals surface area (Å²) in [6, 6.07) is 0.103. The number of thiazole rings is 1. The van der Waals surface area contributed by atoms with Crippen molar-refractivity contribution in [3.8, 4) is 0 Å². The van der Waals surface area contributed by atoms with E-state index >= 15 is 0 Å². The van der Waals surface area contributed by atoms with Gasteiger partial charge >= 0.3 is 0 Å². The third-order valence-corrected chi connectivity index (χ3v) is 5.72.